The molecule has 0 amide bonds. The summed E-state index contributed by atoms with van der Waals surface area (Å²) in [7, 11) is 0. The van der Waals surface area contributed by atoms with Gasteiger partial charge in [0.15, 0.2) is 0 Å². The summed E-state index contributed by atoms with van der Waals surface area (Å²) in [6.45, 7) is 3.01. The van der Waals surface area contributed by atoms with Crippen molar-refractivity contribution in [2.24, 2.45) is 0 Å². The molecule has 2 aliphatic rings. The Balaban J connectivity index is 1.50. The van der Waals surface area contributed by atoms with Crippen molar-refractivity contribution >= 4 is 15.9 Å². The lowest BCUT2D eigenvalue weighted by molar-refractivity contribution is -0.0414. The van der Waals surface area contributed by atoms with Gasteiger partial charge >= 0.3 is 0 Å². The number of ether oxygens (including phenoxy) is 1. The lowest BCUT2D eigenvalue weighted by Crippen LogP contribution is -2.43. The third-order valence-electron chi connectivity index (χ3n) is 4.09. The zero-order chi connectivity index (χ0) is 13.2. The molecule has 2 bridgehead atoms. The Morgan fingerprint density at radius 1 is 1.21 bits per heavy atom. The Morgan fingerprint density at radius 3 is 2.47 bits per heavy atom. The minimum Gasteiger partial charge on any atom is -0.388 e. The van der Waals surface area contributed by atoms with Crippen molar-refractivity contribution < 1.29 is 9.84 Å². The van der Waals surface area contributed by atoms with E-state index in [0.29, 0.717) is 12.2 Å². The van der Waals surface area contributed by atoms with Gasteiger partial charge in [0, 0.05) is 24.1 Å². The van der Waals surface area contributed by atoms with E-state index in [4.69, 9.17) is 4.74 Å². The summed E-state index contributed by atoms with van der Waals surface area (Å²) in [4.78, 5) is 2.44. The fraction of sp³-hybridized carbons (Fsp3) is 0.600. The van der Waals surface area contributed by atoms with Crippen LogP contribution in [0.4, 0.5) is 0 Å². The predicted octanol–water partition coefficient (Wildman–Crippen LogP) is 2.74. The molecule has 1 N–H and O–H groups in total. The van der Waals surface area contributed by atoms with Gasteiger partial charge in [-0.25, -0.2) is 0 Å². The average molecular weight is 326 g/mol. The smallest absolute Gasteiger partial charge is 0.0802 e. The summed E-state index contributed by atoms with van der Waals surface area (Å²) >= 11 is 3.41. The van der Waals surface area contributed by atoms with Gasteiger partial charge in [-0.15, -0.1) is 0 Å². The van der Waals surface area contributed by atoms with Gasteiger partial charge in [0.25, 0.3) is 0 Å². The summed E-state index contributed by atoms with van der Waals surface area (Å²) in [5.74, 6) is 0. The first-order valence-corrected chi connectivity index (χ1v) is 7.81. The molecule has 2 fully saturated rings. The van der Waals surface area contributed by atoms with Gasteiger partial charge in [-0.3, -0.25) is 4.90 Å². The number of aliphatic hydroxyl groups excluding tert-OH is 1. The molecule has 104 valence electrons. The zero-order valence-electron chi connectivity index (χ0n) is 11.0. The maximum absolute atomic E-state index is 10.2. The van der Waals surface area contributed by atoms with Gasteiger partial charge in [-0.2, -0.15) is 0 Å². The quantitative estimate of drug-likeness (QED) is 0.923. The lowest BCUT2D eigenvalue weighted by atomic mass is 10.1. The third kappa shape index (κ3) is 3.37. The second kappa shape index (κ2) is 5.92. The molecule has 1 aromatic carbocycles. The molecule has 3 nitrogen and oxygen atoms in total. The molecule has 1 aromatic rings. The van der Waals surface area contributed by atoms with Crippen LogP contribution in [0.15, 0.2) is 28.7 Å². The molecular weight excluding hydrogens is 306 g/mol. The van der Waals surface area contributed by atoms with Crippen LogP contribution in [0.25, 0.3) is 0 Å². The number of nitrogens with zero attached hydrogens (tertiary/aromatic N) is 1. The monoisotopic (exact) mass is 325 g/mol. The molecule has 4 heteroatoms. The number of aliphatic hydroxyl groups is 1. The molecule has 3 unspecified atom stereocenters. The topological polar surface area (TPSA) is 32.7 Å². The molecule has 2 saturated heterocycles. The molecule has 2 heterocycles. The van der Waals surface area contributed by atoms with E-state index >= 15 is 0 Å². The molecular formula is C15H20BrNO2. The van der Waals surface area contributed by atoms with Crippen LogP contribution in [0.2, 0.25) is 0 Å². The van der Waals surface area contributed by atoms with Crippen LogP contribution in [0, 0.1) is 0 Å². The molecule has 2 aliphatic heterocycles. The first-order valence-electron chi connectivity index (χ1n) is 7.02. The molecule has 0 radical (unpaired) electrons. The average Bonchev–Trinajstić information content (AvgIpc) is 2.76. The van der Waals surface area contributed by atoms with E-state index < -0.39 is 0 Å². The maximum atomic E-state index is 10.2. The van der Waals surface area contributed by atoms with E-state index in [1.165, 1.54) is 12.8 Å². The van der Waals surface area contributed by atoms with Crippen LogP contribution in [0.3, 0.4) is 0 Å². The van der Waals surface area contributed by atoms with Crippen LogP contribution in [-0.2, 0) is 4.74 Å². The fourth-order valence-electron chi connectivity index (χ4n) is 3.04. The van der Waals surface area contributed by atoms with Crippen molar-refractivity contribution in [2.45, 2.75) is 37.6 Å². The SMILES string of the molecule is OC(CCN1CC2CCC(C1)O2)c1ccc(Br)cc1. The fourth-order valence-corrected chi connectivity index (χ4v) is 3.30. The second-order valence-electron chi connectivity index (χ2n) is 5.57. The van der Waals surface area contributed by atoms with E-state index in [1.807, 2.05) is 24.3 Å². The Hall–Kier alpha value is -0.420. The molecule has 0 aliphatic carbocycles. The van der Waals surface area contributed by atoms with Crippen LogP contribution in [-0.4, -0.2) is 41.8 Å². The normalized spacial score (nSPS) is 28.5. The first kappa shape index (κ1) is 13.6. The number of halogens is 1. The molecule has 0 aromatic heterocycles. The highest BCUT2D eigenvalue weighted by Crippen LogP contribution is 2.27. The van der Waals surface area contributed by atoms with E-state index in [0.717, 1.165) is 36.1 Å². The van der Waals surface area contributed by atoms with Gasteiger partial charge in [-0.05, 0) is 37.0 Å². The number of hydrogen-bond acceptors (Lipinski definition) is 3. The van der Waals surface area contributed by atoms with Crippen molar-refractivity contribution in [3.63, 3.8) is 0 Å². The number of likely N-dealkylation sites (tertiary alicyclic amines) is 1. The standard InChI is InChI=1S/C15H20BrNO2/c16-12-3-1-11(2-4-12)15(18)7-8-17-9-13-5-6-14(10-17)19-13/h1-4,13-15,18H,5-10H2. The lowest BCUT2D eigenvalue weighted by Gasteiger charge is -2.32. The van der Waals surface area contributed by atoms with E-state index in [9.17, 15) is 5.11 Å². The predicted molar refractivity (Wildman–Crippen MR) is 78.1 cm³/mol. The molecule has 0 spiro atoms. The maximum Gasteiger partial charge on any atom is 0.0802 e. The van der Waals surface area contributed by atoms with Crippen LogP contribution < -0.4 is 0 Å². The highest BCUT2D eigenvalue weighted by Gasteiger charge is 2.33. The Bertz CT molecular complexity index is 411. The largest absolute Gasteiger partial charge is 0.388 e. The number of morpholine rings is 1. The van der Waals surface area contributed by atoms with Crippen molar-refractivity contribution in [1.29, 1.82) is 0 Å². The highest BCUT2D eigenvalue weighted by molar-refractivity contribution is 9.10. The Labute approximate surface area is 122 Å². The van der Waals surface area contributed by atoms with Gasteiger partial charge in [0.1, 0.15) is 0 Å². The summed E-state index contributed by atoms with van der Waals surface area (Å²) < 4.78 is 6.87. The summed E-state index contributed by atoms with van der Waals surface area (Å²) in [5.41, 5.74) is 0.999. The summed E-state index contributed by atoms with van der Waals surface area (Å²) in [5, 5.41) is 10.2. The second-order valence-corrected chi connectivity index (χ2v) is 6.49. The van der Waals surface area contributed by atoms with Gasteiger partial charge in [0.05, 0.1) is 18.3 Å². The van der Waals surface area contributed by atoms with Crippen LogP contribution in [0.1, 0.15) is 30.9 Å². The van der Waals surface area contributed by atoms with E-state index in [1.54, 1.807) is 0 Å². The van der Waals surface area contributed by atoms with E-state index in [-0.39, 0.29) is 6.10 Å². The molecule has 19 heavy (non-hydrogen) atoms. The highest BCUT2D eigenvalue weighted by atomic mass is 79.9. The third-order valence-corrected chi connectivity index (χ3v) is 4.62. The van der Waals surface area contributed by atoms with E-state index in [2.05, 4.69) is 20.8 Å². The van der Waals surface area contributed by atoms with Crippen molar-refractivity contribution in [3.8, 4) is 0 Å². The van der Waals surface area contributed by atoms with Crippen molar-refractivity contribution in [3.05, 3.63) is 34.3 Å². The van der Waals surface area contributed by atoms with Crippen molar-refractivity contribution in [2.75, 3.05) is 19.6 Å². The molecule has 0 saturated carbocycles. The minimum absolute atomic E-state index is 0.367. The summed E-state index contributed by atoms with van der Waals surface area (Å²) in [6, 6.07) is 7.93. The number of benzene rings is 1. The van der Waals surface area contributed by atoms with Crippen LogP contribution in [0.5, 0.6) is 0 Å². The van der Waals surface area contributed by atoms with Crippen molar-refractivity contribution in [1.82, 2.24) is 4.90 Å². The first-order chi connectivity index (χ1) is 9.20. The Kier molecular flexibility index (Phi) is 4.22. The number of fused-ring (bicyclic) bond motifs is 2. The molecule has 3 atom stereocenters. The van der Waals surface area contributed by atoms with Gasteiger partial charge in [-0.1, -0.05) is 28.1 Å². The van der Waals surface area contributed by atoms with Crippen LogP contribution >= 0.6 is 15.9 Å². The Morgan fingerprint density at radius 2 is 1.84 bits per heavy atom. The molecule has 3 rings (SSSR count). The minimum atomic E-state index is -0.367. The van der Waals surface area contributed by atoms with Gasteiger partial charge in [0.2, 0.25) is 0 Å². The summed E-state index contributed by atoms with van der Waals surface area (Å²) in [6.07, 6.45) is 3.70. The van der Waals surface area contributed by atoms with Gasteiger partial charge < -0.3 is 9.84 Å². The number of hydrogen-bond donors (Lipinski definition) is 1. The zero-order valence-corrected chi connectivity index (χ0v) is 12.6. The number of rotatable bonds is 4.